The predicted molar refractivity (Wildman–Crippen MR) is 89.7 cm³/mol. The molecule has 8 nitrogen and oxygen atoms in total. The molecular formula is C16H18FN7O. The number of carbonyl (C=O) groups is 1. The number of benzene rings is 1. The Kier molecular flexibility index (Phi) is 3.63. The molecule has 3 heterocycles. The van der Waals surface area contributed by atoms with Crippen LogP contribution in [-0.4, -0.2) is 43.3 Å². The molecule has 1 aliphatic rings. The van der Waals surface area contributed by atoms with Crippen LogP contribution in [0.3, 0.4) is 0 Å². The number of hydrogen-bond donors (Lipinski definition) is 1. The maximum atomic E-state index is 14.0. The number of nitrogens with two attached hydrogens (primary N) is 1. The SMILES string of the molecule is Cn1c(N2CCCC(n3cnc(C(N)=O)n3)C2)nc2c(F)cccc21. The van der Waals surface area contributed by atoms with Gasteiger partial charge in [0.15, 0.2) is 5.82 Å². The summed E-state index contributed by atoms with van der Waals surface area (Å²) < 4.78 is 17.6. The number of nitrogens with zero attached hydrogens (tertiary/aromatic N) is 6. The van der Waals surface area contributed by atoms with Crippen molar-refractivity contribution in [3.05, 3.63) is 36.2 Å². The monoisotopic (exact) mass is 343 g/mol. The van der Waals surface area contributed by atoms with Crippen molar-refractivity contribution in [3.8, 4) is 0 Å². The molecule has 1 aliphatic heterocycles. The summed E-state index contributed by atoms with van der Waals surface area (Å²) in [6.45, 7) is 1.48. The van der Waals surface area contributed by atoms with Crippen molar-refractivity contribution in [1.82, 2.24) is 24.3 Å². The first kappa shape index (κ1) is 15.6. The minimum Gasteiger partial charge on any atom is -0.363 e. The summed E-state index contributed by atoms with van der Waals surface area (Å²) in [6, 6.07) is 5.01. The highest BCUT2D eigenvalue weighted by Gasteiger charge is 2.26. The molecule has 0 saturated carbocycles. The van der Waals surface area contributed by atoms with Crippen LogP contribution in [0, 0.1) is 5.82 Å². The van der Waals surface area contributed by atoms with E-state index in [4.69, 9.17) is 5.73 Å². The third kappa shape index (κ3) is 2.61. The van der Waals surface area contributed by atoms with E-state index in [0.717, 1.165) is 30.9 Å². The second kappa shape index (κ2) is 5.83. The first-order valence-electron chi connectivity index (χ1n) is 8.11. The zero-order valence-electron chi connectivity index (χ0n) is 13.8. The van der Waals surface area contributed by atoms with Crippen LogP contribution in [-0.2, 0) is 7.05 Å². The van der Waals surface area contributed by atoms with Crippen molar-refractivity contribution in [2.75, 3.05) is 18.0 Å². The Morgan fingerprint density at radius 1 is 1.40 bits per heavy atom. The normalized spacial score (nSPS) is 18.0. The smallest absolute Gasteiger partial charge is 0.288 e. The number of carbonyl (C=O) groups excluding carboxylic acids is 1. The van der Waals surface area contributed by atoms with Gasteiger partial charge >= 0.3 is 0 Å². The Hall–Kier alpha value is -2.97. The molecule has 0 bridgehead atoms. The van der Waals surface area contributed by atoms with E-state index >= 15 is 0 Å². The molecule has 9 heteroatoms. The van der Waals surface area contributed by atoms with Crippen LogP contribution >= 0.6 is 0 Å². The lowest BCUT2D eigenvalue weighted by Gasteiger charge is -2.33. The molecule has 1 fully saturated rings. The first-order chi connectivity index (χ1) is 12.0. The lowest BCUT2D eigenvalue weighted by molar-refractivity contribution is 0.0990. The number of primary amides is 1. The number of imidazole rings is 1. The second-order valence-electron chi connectivity index (χ2n) is 6.23. The van der Waals surface area contributed by atoms with Crippen molar-refractivity contribution < 1.29 is 9.18 Å². The molecule has 130 valence electrons. The molecule has 0 spiro atoms. The van der Waals surface area contributed by atoms with E-state index in [-0.39, 0.29) is 17.7 Å². The topological polar surface area (TPSA) is 94.9 Å². The number of aromatic nitrogens is 5. The standard InChI is InChI=1S/C16H18FN7O/c1-22-12-6-2-5-11(17)13(12)20-16(22)23-7-3-4-10(8-23)24-9-19-15(21-24)14(18)25/h2,5-6,9-10H,3-4,7-8H2,1H3,(H2,18,25). The van der Waals surface area contributed by atoms with Gasteiger partial charge in [0.25, 0.3) is 5.91 Å². The van der Waals surface area contributed by atoms with Crippen molar-refractivity contribution in [2.24, 2.45) is 12.8 Å². The molecule has 1 unspecified atom stereocenters. The number of hydrogen-bond acceptors (Lipinski definition) is 5. The third-order valence-electron chi connectivity index (χ3n) is 4.62. The summed E-state index contributed by atoms with van der Waals surface area (Å²) in [5.41, 5.74) is 6.35. The van der Waals surface area contributed by atoms with E-state index in [2.05, 4.69) is 20.0 Å². The van der Waals surface area contributed by atoms with Gasteiger partial charge in [-0.05, 0) is 25.0 Å². The number of amides is 1. The van der Waals surface area contributed by atoms with Crippen molar-refractivity contribution in [2.45, 2.75) is 18.9 Å². The molecule has 0 radical (unpaired) electrons. The minimum absolute atomic E-state index is 0.0157. The Morgan fingerprint density at radius 2 is 2.24 bits per heavy atom. The number of anilines is 1. The predicted octanol–water partition coefficient (Wildman–Crippen LogP) is 1.24. The fraction of sp³-hybridized carbons (Fsp3) is 0.375. The van der Waals surface area contributed by atoms with E-state index in [1.54, 1.807) is 10.7 Å². The van der Waals surface area contributed by atoms with Gasteiger partial charge in [-0.25, -0.2) is 19.0 Å². The largest absolute Gasteiger partial charge is 0.363 e. The summed E-state index contributed by atoms with van der Waals surface area (Å²) in [5.74, 6) is -0.227. The summed E-state index contributed by atoms with van der Waals surface area (Å²) in [4.78, 5) is 21.7. The third-order valence-corrected chi connectivity index (χ3v) is 4.62. The van der Waals surface area contributed by atoms with E-state index in [0.29, 0.717) is 12.1 Å². The number of piperidine rings is 1. The molecule has 1 amide bonds. The highest BCUT2D eigenvalue weighted by molar-refractivity contribution is 5.88. The van der Waals surface area contributed by atoms with Crippen LogP contribution in [0.25, 0.3) is 11.0 Å². The van der Waals surface area contributed by atoms with Gasteiger partial charge < -0.3 is 15.2 Å². The Bertz CT molecular complexity index is 947. The van der Waals surface area contributed by atoms with Gasteiger partial charge in [-0.15, -0.1) is 5.10 Å². The molecule has 1 aromatic carbocycles. The van der Waals surface area contributed by atoms with E-state index in [1.165, 1.54) is 12.4 Å². The molecule has 0 aliphatic carbocycles. The quantitative estimate of drug-likeness (QED) is 0.772. The van der Waals surface area contributed by atoms with Crippen molar-refractivity contribution >= 4 is 22.9 Å². The number of fused-ring (bicyclic) bond motifs is 1. The number of aryl methyl sites for hydroxylation is 1. The Labute approximate surface area is 143 Å². The Balaban J connectivity index is 1.64. The number of halogens is 1. The fourth-order valence-corrected chi connectivity index (χ4v) is 3.37. The lowest BCUT2D eigenvalue weighted by Crippen LogP contribution is -2.38. The van der Waals surface area contributed by atoms with Crippen LogP contribution in [0.4, 0.5) is 10.3 Å². The lowest BCUT2D eigenvalue weighted by atomic mass is 10.1. The van der Waals surface area contributed by atoms with Crippen LogP contribution in [0.2, 0.25) is 0 Å². The van der Waals surface area contributed by atoms with Gasteiger partial charge in [0.1, 0.15) is 11.8 Å². The first-order valence-corrected chi connectivity index (χ1v) is 8.11. The molecule has 25 heavy (non-hydrogen) atoms. The van der Waals surface area contributed by atoms with Crippen LogP contribution < -0.4 is 10.6 Å². The highest BCUT2D eigenvalue weighted by Crippen LogP contribution is 2.28. The zero-order chi connectivity index (χ0) is 17.6. The van der Waals surface area contributed by atoms with Gasteiger partial charge in [0.2, 0.25) is 11.8 Å². The zero-order valence-corrected chi connectivity index (χ0v) is 13.8. The maximum absolute atomic E-state index is 14.0. The molecule has 2 aromatic heterocycles. The van der Waals surface area contributed by atoms with Crippen LogP contribution in [0.15, 0.2) is 24.5 Å². The molecule has 1 saturated heterocycles. The summed E-state index contributed by atoms with van der Waals surface area (Å²) in [5, 5.41) is 4.16. The fourth-order valence-electron chi connectivity index (χ4n) is 3.37. The van der Waals surface area contributed by atoms with Crippen LogP contribution in [0.5, 0.6) is 0 Å². The van der Waals surface area contributed by atoms with Gasteiger partial charge in [0, 0.05) is 20.1 Å². The van der Waals surface area contributed by atoms with Crippen molar-refractivity contribution in [1.29, 1.82) is 0 Å². The number of para-hydroxylation sites is 1. The van der Waals surface area contributed by atoms with E-state index in [9.17, 15) is 9.18 Å². The molecular weight excluding hydrogens is 325 g/mol. The van der Waals surface area contributed by atoms with E-state index in [1.807, 2.05) is 17.7 Å². The van der Waals surface area contributed by atoms with Gasteiger partial charge in [-0.2, -0.15) is 0 Å². The maximum Gasteiger partial charge on any atom is 0.288 e. The average molecular weight is 343 g/mol. The molecule has 4 rings (SSSR count). The van der Waals surface area contributed by atoms with Gasteiger partial charge in [-0.3, -0.25) is 4.79 Å². The molecule has 1 atom stereocenters. The highest BCUT2D eigenvalue weighted by atomic mass is 19.1. The summed E-state index contributed by atoms with van der Waals surface area (Å²) >= 11 is 0. The molecule has 2 N–H and O–H groups in total. The summed E-state index contributed by atoms with van der Waals surface area (Å²) in [7, 11) is 1.88. The van der Waals surface area contributed by atoms with Gasteiger partial charge in [0.05, 0.1) is 11.6 Å². The van der Waals surface area contributed by atoms with Crippen molar-refractivity contribution in [3.63, 3.8) is 0 Å². The second-order valence-corrected chi connectivity index (χ2v) is 6.23. The average Bonchev–Trinajstić information content (AvgIpc) is 3.22. The molecule has 3 aromatic rings. The van der Waals surface area contributed by atoms with Crippen LogP contribution in [0.1, 0.15) is 29.5 Å². The van der Waals surface area contributed by atoms with Gasteiger partial charge in [-0.1, -0.05) is 6.07 Å². The Morgan fingerprint density at radius 3 is 2.96 bits per heavy atom. The summed E-state index contributed by atoms with van der Waals surface area (Å²) in [6.07, 6.45) is 3.38. The van der Waals surface area contributed by atoms with E-state index < -0.39 is 5.91 Å². The minimum atomic E-state index is -0.641. The number of rotatable bonds is 3.